The lowest BCUT2D eigenvalue weighted by atomic mass is 10.2. The molecule has 0 atom stereocenters. The van der Waals surface area contributed by atoms with E-state index < -0.39 is 0 Å². The topological polar surface area (TPSA) is 15.7 Å². The maximum atomic E-state index is 5.42. The molecule has 2 aliphatic rings. The van der Waals surface area contributed by atoms with Crippen LogP contribution in [0.3, 0.4) is 0 Å². The molecule has 0 spiro atoms. The van der Waals surface area contributed by atoms with Crippen LogP contribution in [-0.4, -0.2) is 62.3 Å². The second-order valence-electron chi connectivity index (χ2n) is 4.00. The van der Waals surface area contributed by atoms with Crippen molar-refractivity contribution < 1.29 is 4.74 Å². The Bertz CT molecular complexity index is 140. The molecular weight excluding hydrogens is 164 g/mol. The molecule has 0 aliphatic carbocycles. The average molecular weight is 184 g/mol. The number of nitrogens with zero attached hydrogens (tertiary/aromatic N) is 2. The first-order valence-electron chi connectivity index (χ1n) is 5.47. The largest absolute Gasteiger partial charge is 0.380 e. The van der Waals surface area contributed by atoms with E-state index in [-0.39, 0.29) is 0 Å². The smallest absolute Gasteiger partial charge is 0.0593 e. The standard InChI is InChI=1S/C10H20N2O/c1-3-11(4-1)6-7-12-5-2-9-13-10-8-12/h1-10H2. The first-order valence-corrected chi connectivity index (χ1v) is 5.47. The quantitative estimate of drug-likeness (QED) is 0.632. The van der Waals surface area contributed by atoms with Gasteiger partial charge in [0.2, 0.25) is 0 Å². The minimum absolute atomic E-state index is 0.931. The number of rotatable bonds is 3. The van der Waals surface area contributed by atoms with Crippen LogP contribution in [0.15, 0.2) is 0 Å². The van der Waals surface area contributed by atoms with E-state index in [1.807, 2.05) is 0 Å². The summed E-state index contributed by atoms with van der Waals surface area (Å²) in [6, 6.07) is 0. The molecule has 2 aliphatic heterocycles. The van der Waals surface area contributed by atoms with E-state index >= 15 is 0 Å². The zero-order chi connectivity index (χ0) is 8.93. The van der Waals surface area contributed by atoms with E-state index in [1.54, 1.807) is 0 Å². The van der Waals surface area contributed by atoms with E-state index in [4.69, 9.17) is 4.74 Å². The lowest BCUT2D eigenvalue weighted by Gasteiger charge is -2.32. The first kappa shape index (κ1) is 9.44. The summed E-state index contributed by atoms with van der Waals surface area (Å²) in [6.45, 7) is 9.40. The zero-order valence-corrected chi connectivity index (χ0v) is 8.37. The van der Waals surface area contributed by atoms with Gasteiger partial charge in [-0.2, -0.15) is 0 Å². The lowest BCUT2D eigenvalue weighted by Crippen LogP contribution is -2.43. The molecule has 3 nitrogen and oxygen atoms in total. The number of ether oxygens (including phenoxy) is 1. The van der Waals surface area contributed by atoms with Crippen LogP contribution in [0.4, 0.5) is 0 Å². The summed E-state index contributed by atoms with van der Waals surface area (Å²) in [5.74, 6) is 0. The third kappa shape index (κ3) is 2.93. The molecule has 0 aromatic rings. The van der Waals surface area contributed by atoms with Crippen LogP contribution in [0, 0.1) is 0 Å². The molecule has 2 rings (SSSR count). The maximum Gasteiger partial charge on any atom is 0.0593 e. The van der Waals surface area contributed by atoms with Gasteiger partial charge in [0.25, 0.3) is 0 Å². The van der Waals surface area contributed by atoms with Gasteiger partial charge in [-0.15, -0.1) is 0 Å². The van der Waals surface area contributed by atoms with Crippen molar-refractivity contribution in [2.45, 2.75) is 12.8 Å². The number of hydrogen-bond acceptors (Lipinski definition) is 3. The highest BCUT2D eigenvalue weighted by molar-refractivity contribution is 4.71. The van der Waals surface area contributed by atoms with Gasteiger partial charge in [-0.1, -0.05) is 0 Å². The van der Waals surface area contributed by atoms with Crippen LogP contribution in [0.2, 0.25) is 0 Å². The molecule has 0 aromatic carbocycles. The summed E-state index contributed by atoms with van der Waals surface area (Å²) >= 11 is 0. The Balaban J connectivity index is 1.61. The second kappa shape index (κ2) is 4.94. The van der Waals surface area contributed by atoms with Gasteiger partial charge in [0.1, 0.15) is 0 Å². The fraction of sp³-hybridized carbons (Fsp3) is 1.00. The Labute approximate surface area is 80.6 Å². The first-order chi connectivity index (χ1) is 6.45. The molecule has 76 valence electrons. The van der Waals surface area contributed by atoms with Crippen LogP contribution in [0.1, 0.15) is 12.8 Å². The highest BCUT2D eigenvalue weighted by Gasteiger charge is 2.15. The normalized spacial score (nSPS) is 26.8. The Kier molecular flexibility index (Phi) is 3.58. The molecule has 2 fully saturated rings. The Morgan fingerprint density at radius 3 is 2.15 bits per heavy atom. The van der Waals surface area contributed by atoms with Crippen LogP contribution in [0.5, 0.6) is 0 Å². The maximum absolute atomic E-state index is 5.42. The van der Waals surface area contributed by atoms with Crippen molar-refractivity contribution in [2.75, 3.05) is 52.5 Å². The van der Waals surface area contributed by atoms with E-state index in [0.29, 0.717) is 0 Å². The highest BCUT2D eigenvalue weighted by Crippen LogP contribution is 2.06. The summed E-state index contributed by atoms with van der Waals surface area (Å²) in [5, 5.41) is 0. The van der Waals surface area contributed by atoms with E-state index in [0.717, 1.165) is 19.8 Å². The molecule has 0 amide bonds. The van der Waals surface area contributed by atoms with E-state index in [1.165, 1.54) is 45.6 Å². The van der Waals surface area contributed by atoms with Crippen molar-refractivity contribution in [1.82, 2.24) is 9.80 Å². The van der Waals surface area contributed by atoms with Gasteiger partial charge in [0.05, 0.1) is 6.61 Å². The predicted octanol–water partition coefficient (Wildman–Crippen LogP) is 0.414. The molecule has 0 bridgehead atoms. The monoisotopic (exact) mass is 184 g/mol. The molecule has 0 saturated carbocycles. The van der Waals surface area contributed by atoms with Gasteiger partial charge in [0.15, 0.2) is 0 Å². The Hall–Kier alpha value is -0.120. The van der Waals surface area contributed by atoms with Gasteiger partial charge in [-0.25, -0.2) is 0 Å². The zero-order valence-electron chi connectivity index (χ0n) is 8.37. The molecule has 2 heterocycles. The second-order valence-corrected chi connectivity index (χ2v) is 4.00. The molecular formula is C10H20N2O. The van der Waals surface area contributed by atoms with Gasteiger partial charge < -0.3 is 9.64 Å². The van der Waals surface area contributed by atoms with Crippen LogP contribution < -0.4 is 0 Å². The minimum Gasteiger partial charge on any atom is -0.380 e. The Morgan fingerprint density at radius 2 is 1.46 bits per heavy atom. The van der Waals surface area contributed by atoms with Crippen molar-refractivity contribution in [3.05, 3.63) is 0 Å². The molecule has 2 saturated heterocycles. The average Bonchev–Trinajstić information content (AvgIpc) is 2.30. The predicted molar refractivity (Wildman–Crippen MR) is 52.9 cm³/mol. The van der Waals surface area contributed by atoms with Gasteiger partial charge >= 0.3 is 0 Å². The molecule has 0 unspecified atom stereocenters. The van der Waals surface area contributed by atoms with E-state index in [9.17, 15) is 0 Å². The van der Waals surface area contributed by atoms with Crippen LogP contribution in [-0.2, 0) is 4.74 Å². The molecule has 13 heavy (non-hydrogen) atoms. The third-order valence-corrected chi connectivity index (χ3v) is 3.00. The number of hydrogen-bond donors (Lipinski definition) is 0. The summed E-state index contributed by atoms with van der Waals surface area (Å²) in [4.78, 5) is 5.07. The van der Waals surface area contributed by atoms with Crippen molar-refractivity contribution >= 4 is 0 Å². The molecule has 0 radical (unpaired) electrons. The summed E-state index contributed by atoms with van der Waals surface area (Å²) in [5.41, 5.74) is 0. The SMILES string of the molecule is C1CN(CCN2CCCOCC2)C1. The number of likely N-dealkylation sites (tertiary alicyclic amines) is 1. The fourth-order valence-electron chi connectivity index (χ4n) is 1.91. The minimum atomic E-state index is 0.931. The van der Waals surface area contributed by atoms with Crippen molar-refractivity contribution in [3.8, 4) is 0 Å². The molecule has 0 N–H and O–H groups in total. The molecule has 3 heteroatoms. The third-order valence-electron chi connectivity index (χ3n) is 3.00. The van der Waals surface area contributed by atoms with E-state index in [2.05, 4.69) is 9.80 Å². The van der Waals surface area contributed by atoms with Gasteiger partial charge in [-0.05, 0) is 25.9 Å². The molecule has 0 aromatic heterocycles. The van der Waals surface area contributed by atoms with Crippen molar-refractivity contribution in [2.24, 2.45) is 0 Å². The van der Waals surface area contributed by atoms with Crippen molar-refractivity contribution in [1.29, 1.82) is 0 Å². The van der Waals surface area contributed by atoms with Gasteiger partial charge in [-0.3, -0.25) is 4.90 Å². The summed E-state index contributed by atoms with van der Waals surface area (Å²) in [7, 11) is 0. The Morgan fingerprint density at radius 1 is 0.769 bits per heavy atom. The van der Waals surface area contributed by atoms with Crippen molar-refractivity contribution in [3.63, 3.8) is 0 Å². The summed E-state index contributed by atoms with van der Waals surface area (Å²) in [6.07, 6.45) is 2.61. The highest BCUT2D eigenvalue weighted by atomic mass is 16.5. The van der Waals surface area contributed by atoms with Crippen LogP contribution >= 0.6 is 0 Å². The van der Waals surface area contributed by atoms with Gasteiger partial charge in [0, 0.05) is 32.8 Å². The van der Waals surface area contributed by atoms with Crippen LogP contribution in [0.25, 0.3) is 0 Å². The lowest BCUT2D eigenvalue weighted by molar-refractivity contribution is 0.128. The fourth-order valence-corrected chi connectivity index (χ4v) is 1.91. The summed E-state index contributed by atoms with van der Waals surface area (Å²) < 4.78 is 5.42.